The number of ether oxygens (including phenoxy) is 1. The van der Waals surface area contributed by atoms with Crippen LogP contribution in [0.1, 0.15) is 18.4 Å². The van der Waals surface area contributed by atoms with Crippen LogP contribution in [0.5, 0.6) is 0 Å². The van der Waals surface area contributed by atoms with Crippen LogP contribution in [-0.4, -0.2) is 45.8 Å². The van der Waals surface area contributed by atoms with E-state index in [1.165, 1.54) is 35.4 Å². The summed E-state index contributed by atoms with van der Waals surface area (Å²) in [7, 11) is 1.38. The molecule has 1 fully saturated rings. The van der Waals surface area contributed by atoms with Gasteiger partial charge in [-0.25, -0.2) is 14.5 Å². The number of esters is 1. The summed E-state index contributed by atoms with van der Waals surface area (Å²) in [5, 5.41) is 5.21. The molecule has 0 unspecified atom stereocenters. The molecule has 29 heavy (non-hydrogen) atoms. The number of nitrogens with two attached hydrogens (primary N) is 1. The Morgan fingerprint density at radius 1 is 1.28 bits per heavy atom. The molecule has 154 valence electrons. The van der Waals surface area contributed by atoms with E-state index in [0.29, 0.717) is 41.7 Å². The van der Waals surface area contributed by atoms with Crippen LogP contribution in [0.15, 0.2) is 18.5 Å². The van der Waals surface area contributed by atoms with Crippen LogP contribution >= 0.6 is 11.3 Å². The Bertz CT molecular complexity index is 1060. The van der Waals surface area contributed by atoms with E-state index in [2.05, 4.69) is 15.1 Å². The minimum absolute atomic E-state index is 0.127. The molecule has 0 bridgehead atoms. The maximum absolute atomic E-state index is 13.1. The third kappa shape index (κ3) is 3.59. The number of hydrogen-bond donors (Lipinski definition) is 1. The minimum atomic E-state index is -4.60. The first-order chi connectivity index (χ1) is 13.8. The van der Waals surface area contributed by atoms with Crippen molar-refractivity contribution in [3.8, 4) is 11.3 Å². The number of anilines is 2. The SMILES string of the molecule is COC(=O)C1CCN(c2nn3c(-c4cnc(N)c(C(F)(F)F)c4)cnc3s2)CC1. The van der Waals surface area contributed by atoms with Crippen molar-refractivity contribution in [1.82, 2.24) is 19.6 Å². The number of hydrogen-bond acceptors (Lipinski definition) is 8. The van der Waals surface area contributed by atoms with Gasteiger partial charge in [0.05, 0.1) is 30.5 Å². The van der Waals surface area contributed by atoms with Gasteiger partial charge in [-0.15, -0.1) is 5.10 Å². The largest absolute Gasteiger partial charge is 0.469 e. The Balaban J connectivity index is 1.62. The number of imidazole rings is 1. The van der Waals surface area contributed by atoms with E-state index in [1.54, 1.807) is 0 Å². The zero-order valence-electron chi connectivity index (χ0n) is 15.3. The standard InChI is InChI=1S/C17H17F3N6O2S/c1-28-14(27)9-2-4-25(5-3-9)16-24-26-12(8-23-15(26)29-16)10-6-11(17(18,19)20)13(21)22-7-10/h6-9H,2-5H2,1H3,(H2,21,22). The fourth-order valence-corrected chi connectivity index (χ4v) is 4.25. The second-order valence-corrected chi connectivity index (χ2v) is 7.60. The Morgan fingerprint density at radius 3 is 2.66 bits per heavy atom. The lowest BCUT2D eigenvalue weighted by Crippen LogP contribution is -2.36. The van der Waals surface area contributed by atoms with Crippen molar-refractivity contribution in [3.05, 3.63) is 24.0 Å². The maximum atomic E-state index is 13.1. The van der Waals surface area contributed by atoms with Gasteiger partial charge in [0.25, 0.3) is 0 Å². The van der Waals surface area contributed by atoms with Crippen LogP contribution in [0.3, 0.4) is 0 Å². The Kier molecular flexibility index (Phi) is 4.81. The van der Waals surface area contributed by atoms with Gasteiger partial charge in [-0.2, -0.15) is 13.2 Å². The van der Waals surface area contributed by atoms with E-state index in [-0.39, 0.29) is 17.5 Å². The molecule has 0 atom stereocenters. The molecule has 3 aromatic heterocycles. The second kappa shape index (κ2) is 7.17. The van der Waals surface area contributed by atoms with E-state index in [9.17, 15) is 18.0 Å². The number of carbonyl (C=O) groups is 1. The van der Waals surface area contributed by atoms with Gasteiger partial charge >= 0.3 is 12.1 Å². The van der Waals surface area contributed by atoms with Gasteiger partial charge in [0, 0.05) is 24.8 Å². The Hall–Kier alpha value is -2.89. The number of fused-ring (bicyclic) bond motifs is 1. The van der Waals surface area contributed by atoms with Crippen molar-refractivity contribution >= 4 is 33.2 Å². The molecule has 0 aliphatic carbocycles. The number of piperidine rings is 1. The molecule has 4 rings (SSSR count). The highest BCUT2D eigenvalue weighted by Crippen LogP contribution is 2.36. The fourth-order valence-electron chi connectivity index (χ4n) is 3.32. The van der Waals surface area contributed by atoms with E-state index in [4.69, 9.17) is 10.5 Å². The summed E-state index contributed by atoms with van der Waals surface area (Å²) in [5.74, 6) is -0.913. The average molecular weight is 426 g/mol. The zero-order chi connectivity index (χ0) is 20.8. The predicted octanol–water partition coefficient (Wildman–Crippen LogP) is 2.84. The number of carbonyl (C=O) groups excluding carboxylic acids is 1. The molecule has 4 heterocycles. The summed E-state index contributed by atoms with van der Waals surface area (Å²) in [6.45, 7) is 1.26. The van der Waals surface area contributed by atoms with E-state index < -0.39 is 17.6 Å². The lowest BCUT2D eigenvalue weighted by Gasteiger charge is -2.29. The lowest BCUT2D eigenvalue weighted by atomic mass is 9.97. The minimum Gasteiger partial charge on any atom is -0.469 e. The highest BCUT2D eigenvalue weighted by molar-refractivity contribution is 7.20. The third-order valence-corrected chi connectivity index (χ3v) is 5.88. The van der Waals surface area contributed by atoms with Crippen LogP contribution in [0.2, 0.25) is 0 Å². The molecule has 0 amide bonds. The first-order valence-corrected chi connectivity index (χ1v) is 9.60. The monoisotopic (exact) mass is 426 g/mol. The van der Waals surface area contributed by atoms with Crippen LogP contribution in [0.4, 0.5) is 24.1 Å². The first kappa shape index (κ1) is 19.4. The molecule has 0 radical (unpaired) electrons. The Labute approximate surface area is 167 Å². The van der Waals surface area contributed by atoms with Gasteiger partial charge in [-0.3, -0.25) is 4.79 Å². The number of nitrogens with zero attached hydrogens (tertiary/aromatic N) is 5. The third-order valence-electron chi connectivity index (χ3n) is 4.89. The van der Waals surface area contributed by atoms with Crippen molar-refractivity contribution in [2.75, 3.05) is 30.8 Å². The number of aromatic nitrogens is 4. The molecule has 1 saturated heterocycles. The van der Waals surface area contributed by atoms with Crippen LogP contribution in [0, 0.1) is 5.92 Å². The second-order valence-electron chi connectivity index (χ2n) is 6.66. The van der Waals surface area contributed by atoms with Gasteiger partial charge in [0.15, 0.2) is 0 Å². The van der Waals surface area contributed by atoms with Gasteiger partial charge < -0.3 is 15.4 Å². The van der Waals surface area contributed by atoms with E-state index >= 15 is 0 Å². The predicted molar refractivity (Wildman–Crippen MR) is 100 cm³/mol. The van der Waals surface area contributed by atoms with Crippen molar-refractivity contribution in [2.45, 2.75) is 19.0 Å². The average Bonchev–Trinajstić information content (AvgIpc) is 3.28. The van der Waals surface area contributed by atoms with Crippen LogP contribution < -0.4 is 10.6 Å². The zero-order valence-corrected chi connectivity index (χ0v) is 16.1. The number of methoxy groups -OCH3 is 1. The Morgan fingerprint density at radius 2 is 2.00 bits per heavy atom. The summed E-state index contributed by atoms with van der Waals surface area (Å²) >= 11 is 1.33. The molecule has 0 spiro atoms. The topological polar surface area (TPSA) is 98.6 Å². The quantitative estimate of drug-likeness (QED) is 0.643. The van der Waals surface area contributed by atoms with Gasteiger partial charge in [-0.1, -0.05) is 11.3 Å². The molecule has 3 aromatic rings. The number of pyridine rings is 1. The molecule has 1 aliphatic heterocycles. The van der Waals surface area contributed by atoms with Gasteiger partial charge in [0.1, 0.15) is 5.82 Å². The van der Waals surface area contributed by atoms with Gasteiger partial charge in [-0.05, 0) is 18.9 Å². The highest BCUT2D eigenvalue weighted by Gasteiger charge is 2.34. The molecule has 2 N–H and O–H groups in total. The van der Waals surface area contributed by atoms with Crippen molar-refractivity contribution < 1.29 is 22.7 Å². The van der Waals surface area contributed by atoms with Crippen LogP contribution in [0.25, 0.3) is 16.2 Å². The summed E-state index contributed by atoms with van der Waals surface area (Å²) in [5.41, 5.74) is 5.00. The highest BCUT2D eigenvalue weighted by atomic mass is 32.1. The molecule has 8 nitrogen and oxygen atoms in total. The van der Waals surface area contributed by atoms with Gasteiger partial charge in [0.2, 0.25) is 10.1 Å². The number of halogens is 3. The van der Waals surface area contributed by atoms with Crippen molar-refractivity contribution in [3.63, 3.8) is 0 Å². The fraction of sp³-hybridized carbons (Fsp3) is 0.412. The molecular formula is C17H17F3N6O2S. The van der Waals surface area contributed by atoms with E-state index in [1.807, 2.05) is 4.90 Å². The lowest BCUT2D eigenvalue weighted by molar-refractivity contribution is -0.146. The number of rotatable bonds is 3. The molecule has 0 saturated carbocycles. The molecule has 1 aliphatic rings. The summed E-state index contributed by atoms with van der Waals surface area (Å²) in [6, 6.07) is 0.951. The number of nitrogen functional groups attached to an aromatic ring is 1. The van der Waals surface area contributed by atoms with Crippen molar-refractivity contribution in [1.29, 1.82) is 0 Å². The molecular weight excluding hydrogens is 409 g/mol. The van der Waals surface area contributed by atoms with Crippen LogP contribution in [-0.2, 0) is 15.7 Å². The van der Waals surface area contributed by atoms with Crippen molar-refractivity contribution in [2.24, 2.45) is 5.92 Å². The summed E-state index contributed by atoms with van der Waals surface area (Å²) in [4.78, 5) is 22.2. The molecule has 12 heteroatoms. The molecule has 0 aromatic carbocycles. The normalized spacial score (nSPS) is 15.8. The smallest absolute Gasteiger partial charge is 0.419 e. The summed E-state index contributed by atoms with van der Waals surface area (Å²) < 4.78 is 45.7. The number of alkyl halides is 3. The van der Waals surface area contributed by atoms with E-state index in [0.717, 1.165) is 6.07 Å². The maximum Gasteiger partial charge on any atom is 0.419 e. The first-order valence-electron chi connectivity index (χ1n) is 8.78. The summed E-state index contributed by atoms with van der Waals surface area (Å²) in [6.07, 6.45) is -0.570.